The minimum atomic E-state index is -0.256. The van der Waals surface area contributed by atoms with Crippen molar-refractivity contribution in [3.05, 3.63) is 62.6 Å². The van der Waals surface area contributed by atoms with Crippen LogP contribution in [0.3, 0.4) is 0 Å². The number of hydrogen-bond acceptors (Lipinski definition) is 2. The van der Waals surface area contributed by atoms with Crippen molar-refractivity contribution in [3.8, 4) is 5.75 Å². The van der Waals surface area contributed by atoms with Crippen LogP contribution in [-0.2, 0) is 0 Å². The first-order valence-corrected chi connectivity index (χ1v) is 8.14. The molecule has 0 saturated heterocycles. The smallest absolute Gasteiger partial charge is 0.133 e. The number of benzene rings is 2. The fourth-order valence-corrected chi connectivity index (χ4v) is 2.88. The van der Waals surface area contributed by atoms with Crippen LogP contribution in [0.15, 0.2) is 40.9 Å². The molecule has 0 heterocycles. The second-order valence-electron chi connectivity index (χ2n) is 4.99. The highest BCUT2D eigenvalue weighted by molar-refractivity contribution is 9.10. The molecule has 2 rings (SSSR count). The quantitative estimate of drug-likeness (QED) is 0.782. The average molecular weight is 369 g/mol. The summed E-state index contributed by atoms with van der Waals surface area (Å²) in [5.74, 6) is 0.836. The van der Waals surface area contributed by atoms with E-state index < -0.39 is 0 Å². The Morgan fingerprint density at radius 3 is 2.71 bits per heavy atom. The fraction of sp³-hybridized carbons (Fsp3) is 0.294. The largest absolute Gasteiger partial charge is 0.492 e. The van der Waals surface area contributed by atoms with Crippen molar-refractivity contribution in [3.63, 3.8) is 0 Å². The van der Waals surface area contributed by atoms with Gasteiger partial charge in [-0.2, -0.15) is 0 Å². The first-order valence-electron chi connectivity index (χ1n) is 6.97. The van der Waals surface area contributed by atoms with E-state index in [1.54, 1.807) is 0 Å². The molecule has 0 aliphatic rings. The topological polar surface area (TPSA) is 35.2 Å². The summed E-state index contributed by atoms with van der Waals surface area (Å²) in [5.41, 5.74) is 9.33. The number of rotatable bonds is 5. The lowest BCUT2D eigenvalue weighted by molar-refractivity contribution is 0.315. The van der Waals surface area contributed by atoms with E-state index in [-0.39, 0.29) is 6.04 Å². The van der Waals surface area contributed by atoms with Gasteiger partial charge in [0.2, 0.25) is 0 Å². The van der Waals surface area contributed by atoms with Gasteiger partial charge in [0, 0.05) is 5.02 Å². The van der Waals surface area contributed by atoms with Gasteiger partial charge in [-0.3, -0.25) is 0 Å². The second-order valence-corrected chi connectivity index (χ2v) is 6.23. The predicted molar refractivity (Wildman–Crippen MR) is 92.1 cm³/mol. The molecule has 2 aromatic carbocycles. The fourth-order valence-electron chi connectivity index (χ4n) is 2.13. The van der Waals surface area contributed by atoms with Crippen molar-refractivity contribution in [2.75, 3.05) is 6.61 Å². The van der Waals surface area contributed by atoms with Gasteiger partial charge in [0.05, 0.1) is 17.1 Å². The third kappa shape index (κ3) is 3.79. The van der Waals surface area contributed by atoms with E-state index in [0.29, 0.717) is 6.61 Å². The van der Waals surface area contributed by atoms with Gasteiger partial charge in [-0.25, -0.2) is 0 Å². The highest BCUT2D eigenvalue weighted by atomic mass is 79.9. The Kier molecular flexibility index (Phi) is 5.68. The van der Waals surface area contributed by atoms with Gasteiger partial charge < -0.3 is 10.5 Å². The highest BCUT2D eigenvalue weighted by Crippen LogP contribution is 2.33. The van der Waals surface area contributed by atoms with Crippen LogP contribution < -0.4 is 10.5 Å². The Balaban J connectivity index is 2.29. The summed E-state index contributed by atoms with van der Waals surface area (Å²) >= 11 is 9.90. The number of ether oxygens (including phenoxy) is 1. The SMILES string of the molecule is CCCOc1ccc(C(N)c2cccc(C)c2Cl)cc1Br. The van der Waals surface area contributed by atoms with Gasteiger partial charge >= 0.3 is 0 Å². The van der Waals surface area contributed by atoms with Crippen LogP contribution in [0.1, 0.15) is 36.1 Å². The standard InChI is InChI=1S/C17H19BrClNO/c1-3-9-21-15-8-7-12(10-14(15)18)17(20)13-6-4-5-11(2)16(13)19/h4-8,10,17H,3,9,20H2,1-2H3. The predicted octanol–water partition coefficient (Wildman–Crippen LogP) is 5.25. The molecule has 4 heteroatoms. The molecule has 0 saturated carbocycles. The molecule has 0 aliphatic heterocycles. The third-order valence-electron chi connectivity index (χ3n) is 3.33. The van der Waals surface area contributed by atoms with E-state index in [1.807, 2.05) is 43.3 Å². The zero-order valence-electron chi connectivity index (χ0n) is 12.2. The molecule has 0 aliphatic carbocycles. The molecule has 2 nitrogen and oxygen atoms in total. The van der Waals surface area contributed by atoms with Crippen molar-refractivity contribution in [2.24, 2.45) is 5.73 Å². The molecule has 112 valence electrons. The van der Waals surface area contributed by atoms with Crippen LogP contribution in [0.2, 0.25) is 5.02 Å². The molecule has 0 amide bonds. The molecular formula is C17H19BrClNO. The van der Waals surface area contributed by atoms with Crippen LogP contribution in [0.4, 0.5) is 0 Å². The van der Waals surface area contributed by atoms with E-state index in [0.717, 1.165) is 38.4 Å². The Morgan fingerprint density at radius 1 is 1.29 bits per heavy atom. The molecule has 0 spiro atoms. The minimum absolute atomic E-state index is 0.256. The van der Waals surface area contributed by atoms with Crippen molar-refractivity contribution in [1.82, 2.24) is 0 Å². The Morgan fingerprint density at radius 2 is 2.05 bits per heavy atom. The third-order valence-corrected chi connectivity index (χ3v) is 4.47. The van der Waals surface area contributed by atoms with Crippen molar-refractivity contribution in [2.45, 2.75) is 26.3 Å². The monoisotopic (exact) mass is 367 g/mol. The maximum absolute atomic E-state index is 6.36. The van der Waals surface area contributed by atoms with E-state index in [1.165, 1.54) is 0 Å². The van der Waals surface area contributed by atoms with E-state index in [9.17, 15) is 0 Å². The molecular weight excluding hydrogens is 350 g/mol. The normalized spacial score (nSPS) is 12.2. The lowest BCUT2D eigenvalue weighted by Gasteiger charge is -2.17. The summed E-state index contributed by atoms with van der Waals surface area (Å²) in [6.07, 6.45) is 0.979. The van der Waals surface area contributed by atoms with Crippen molar-refractivity contribution in [1.29, 1.82) is 0 Å². The number of aryl methyl sites for hydroxylation is 1. The zero-order chi connectivity index (χ0) is 15.4. The van der Waals surface area contributed by atoms with Crippen LogP contribution in [0, 0.1) is 6.92 Å². The van der Waals surface area contributed by atoms with Crippen molar-refractivity contribution < 1.29 is 4.74 Å². The number of nitrogens with two attached hydrogens (primary N) is 1. The van der Waals surface area contributed by atoms with Crippen LogP contribution in [-0.4, -0.2) is 6.61 Å². The highest BCUT2D eigenvalue weighted by Gasteiger charge is 2.15. The molecule has 2 N–H and O–H groups in total. The second kappa shape index (κ2) is 7.30. The zero-order valence-corrected chi connectivity index (χ0v) is 14.5. The van der Waals surface area contributed by atoms with Crippen LogP contribution in [0.25, 0.3) is 0 Å². The number of hydrogen-bond donors (Lipinski definition) is 1. The van der Waals surface area contributed by atoms with E-state index >= 15 is 0 Å². The van der Waals surface area contributed by atoms with Crippen molar-refractivity contribution >= 4 is 27.5 Å². The Bertz CT molecular complexity index is 630. The molecule has 1 atom stereocenters. The summed E-state index contributed by atoms with van der Waals surface area (Å²) < 4.78 is 6.57. The molecule has 0 aromatic heterocycles. The first-order chi connectivity index (χ1) is 10.0. The Hall–Kier alpha value is -1.03. The summed E-state index contributed by atoms with van der Waals surface area (Å²) in [7, 11) is 0. The van der Waals surface area contributed by atoms with Gasteiger partial charge in [0.1, 0.15) is 5.75 Å². The molecule has 21 heavy (non-hydrogen) atoms. The number of halogens is 2. The van der Waals surface area contributed by atoms with Crippen LogP contribution >= 0.6 is 27.5 Å². The van der Waals surface area contributed by atoms with Gasteiger partial charge in [0.15, 0.2) is 0 Å². The van der Waals surface area contributed by atoms with Crippen LogP contribution in [0.5, 0.6) is 5.75 Å². The lowest BCUT2D eigenvalue weighted by Crippen LogP contribution is -2.13. The molecule has 1 unspecified atom stereocenters. The molecule has 0 bridgehead atoms. The van der Waals surface area contributed by atoms with E-state index in [2.05, 4.69) is 22.9 Å². The van der Waals surface area contributed by atoms with Gasteiger partial charge in [-0.1, -0.05) is 42.8 Å². The first kappa shape index (κ1) is 16.3. The summed E-state index contributed by atoms with van der Waals surface area (Å²) in [5, 5.41) is 0.729. The van der Waals surface area contributed by atoms with Gasteiger partial charge in [-0.15, -0.1) is 0 Å². The minimum Gasteiger partial charge on any atom is -0.492 e. The molecule has 2 aromatic rings. The summed E-state index contributed by atoms with van der Waals surface area (Å²) in [6.45, 7) is 4.77. The van der Waals surface area contributed by atoms with Gasteiger partial charge in [-0.05, 0) is 58.1 Å². The maximum Gasteiger partial charge on any atom is 0.133 e. The molecule has 0 fully saturated rings. The Labute approximate surface area is 139 Å². The average Bonchev–Trinajstić information content (AvgIpc) is 2.48. The van der Waals surface area contributed by atoms with Gasteiger partial charge in [0.25, 0.3) is 0 Å². The molecule has 0 radical (unpaired) electrons. The summed E-state index contributed by atoms with van der Waals surface area (Å²) in [4.78, 5) is 0. The summed E-state index contributed by atoms with van der Waals surface area (Å²) in [6, 6.07) is 11.6. The lowest BCUT2D eigenvalue weighted by atomic mass is 9.98. The maximum atomic E-state index is 6.36. The van der Waals surface area contributed by atoms with E-state index in [4.69, 9.17) is 22.1 Å².